The van der Waals surface area contributed by atoms with Crippen molar-refractivity contribution in [2.45, 2.75) is 17.6 Å². The van der Waals surface area contributed by atoms with Gasteiger partial charge in [0.2, 0.25) is 0 Å². The number of nitrogen functional groups attached to an aromatic ring is 1. The number of nitrogens with two attached hydrogens (primary N) is 1. The Kier molecular flexibility index (Phi) is 4.57. The molecular weight excluding hydrogens is 312 g/mol. The molecule has 0 saturated carbocycles. The van der Waals surface area contributed by atoms with Gasteiger partial charge in [-0.15, -0.1) is 11.8 Å². The van der Waals surface area contributed by atoms with Crippen LogP contribution in [0.1, 0.15) is 11.5 Å². The van der Waals surface area contributed by atoms with Crippen LogP contribution in [0, 0.1) is 6.92 Å². The first-order valence-corrected chi connectivity index (χ1v) is 7.15. The van der Waals surface area contributed by atoms with Crippen LogP contribution in [0.15, 0.2) is 39.7 Å². The molecule has 2 rings (SSSR count). The van der Waals surface area contributed by atoms with E-state index in [4.69, 9.17) is 5.84 Å². The summed E-state index contributed by atoms with van der Waals surface area (Å²) in [5.41, 5.74) is 3.45. The van der Waals surface area contributed by atoms with E-state index < -0.39 is 0 Å². The van der Waals surface area contributed by atoms with E-state index in [1.165, 1.54) is 4.90 Å². The predicted molar refractivity (Wildman–Crippen MR) is 78.3 cm³/mol. The number of nitrogens with zero attached hydrogens (tertiary/aromatic N) is 2. The van der Waals surface area contributed by atoms with Gasteiger partial charge in [-0.1, -0.05) is 15.9 Å². The third-order valence-corrected chi connectivity index (χ3v) is 3.77. The Morgan fingerprint density at radius 1 is 1.28 bits per heavy atom. The highest BCUT2D eigenvalue weighted by Crippen LogP contribution is 2.23. The van der Waals surface area contributed by atoms with Gasteiger partial charge in [0.05, 0.1) is 5.75 Å². The van der Waals surface area contributed by atoms with Crippen LogP contribution in [0.3, 0.4) is 0 Å². The molecule has 0 atom stereocenters. The van der Waals surface area contributed by atoms with E-state index in [-0.39, 0.29) is 0 Å². The molecule has 2 aromatic rings. The quantitative estimate of drug-likeness (QED) is 0.514. The number of benzene rings is 1. The maximum absolute atomic E-state index is 5.36. The van der Waals surface area contributed by atoms with Crippen molar-refractivity contribution in [3.8, 4) is 0 Å². The molecule has 0 aliphatic rings. The van der Waals surface area contributed by atoms with Gasteiger partial charge < -0.3 is 5.43 Å². The van der Waals surface area contributed by atoms with Crippen LogP contribution in [0.25, 0.3) is 0 Å². The van der Waals surface area contributed by atoms with Gasteiger partial charge in [0.1, 0.15) is 11.6 Å². The Labute approximate surface area is 119 Å². The lowest BCUT2D eigenvalue weighted by molar-refractivity contribution is 0.990. The lowest BCUT2D eigenvalue weighted by Crippen LogP contribution is -2.10. The Morgan fingerprint density at radius 2 is 2.00 bits per heavy atom. The van der Waals surface area contributed by atoms with Gasteiger partial charge in [0.25, 0.3) is 0 Å². The summed E-state index contributed by atoms with van der Waals surface area (Å²) < 4.78 is 1.08. The van der Waals surface area contributed by atoms with Gasteiger partial charge in [0.15, 0.2) is 0 Å². The second-order valence-electron chi connectivity index (χ2n) is 3.70. The number of aromatic nitrogens is 2. The molecule has 1 heterocycles. The molecule has 0 bridgehead atoms. The third kappa shape index (κ3) is 3.69. The van der Waals surface area contributed by atoms with Crippen molar-refractivity contribution in [1.82, 2.24) is 9.97 Å². The van der Waals surface area contributed by atoms with Gasteiger partial charge in [-0.3, -0.25) is 0 Å². The van der Waals surface area contributed by atoms with E-state index >= 15 is 0 Å². The molecule has 1 aromatic carbocycles. The lowest BCUT2D eigenvalue weighted by atomic mass is 10.4. The number of nitrogens with one attached hydrogen (secondary N) is 1. The fraction of sp³-hybridized carbons (Fsp3) is 0.167. The average Bonchev–Trinajstić information content (AvgIpc) is 2.37. The molecule has 1 aromatic heterocycles. The molecule has 94 valence electrons. The summed E-state index contributed by atoms with van der Waals surface area (Å²) in [6.45, 7) is 1.93. The summed E-state index contributed by atoms with van der Waals surface area (Å²) in [6.07, 6.45) is 0. The van der Waals surface area contributed by atoms with E-state index in [1.54, 1.807) is 11.8 Å². The van der Waals surface area contributed by atoms with Crippen molar-refractivity contribution in [3.63, 3.8) is 0 Å². The largest absolute Gasteiger partial charge is 0.308 e. The minimum Gasteiger partial charge on any atom is -0.308 e. The molecule has 0 fully saturated rings. The highest BCUT2D eigenvalue weighted by atomic mass is 79.9. The minimum atomic E-state index is 0.647. The second-order valence-corrected chi connectivity index (χ2v) is 5.66. The SMILES string of the molecule is Cc1cc(NN)nc(CSc2ccc(Br)cc2)n1. The predicted octanol–water partition coefficient (Wildman–Crippen LogP) is 3.13. The maximum Gasteiger partial charge on any atom is 0.143 e. The summed E-state index contributed by atoms with van der Waals surface area (Å²) in [4.78, 5) is 9.87. The first kappa shape index (κ1) is 13.3. The maximum atomic E-state index is 5.36. The zero-order valence-corrected chi connectivity index (χ0v) is 12.3. The molecular formula is C12H13BrN4S. The van der Waals surface area contributed by atoms with Gasteiger partial charge in [-0.25, -0.2) is 15.8 Å². The summed E-state index contributed by atoms with van der Waals surface area (Å²) in [7, 11) is 0. The molecule has 18 heavy (non-hydrogen) atoms. The van der Waals surface area contributed by atoms with Crippen LogP contribution < -0.4 is 11.3 Å². The summed E-state index contributed by atoms with van der Waals surface area (Å²) >= 11 is 5.11. The van der Waals surface area contributed by atoms with Crippen molar-refractivity contribution < 1.29 is 0 Å². The standard InChI is InChI=1S/C12H13BrN4S/c1-8-6-11(17-14)16-12(15-8)7-18-10-4-2-9(13)3-5-10/h2-6H,7,14H2,1H3,(H,15,16,17). The minimum absolute atomic E-state index is 0.647. The third-order valence-electron chi connectivity index (χ3n) is 2.23. The smallest absolute Gasteiger partial charge is 0.143 e. The number of rotatable bonds is 4. The summed E-state index contributed by atoms with van der Waals surface area (Å²) in [6, 6.07) is 9.98. The number of hydrogen-bond acceptors (Lipinski definition) is 5. The van der Waals surface area contributed by atoms with Crippen LogP contribution in [-0.2, 0) is 5.75 Å². The number of aryl methyl sites for hydroxylation is 1. The molecule has 0 amide bonds. The number of hydrogen-bond donors (Lipinski definition) is 2. The Bertz CT molecular complexity index is 530. The molecule has 4 nitrogen and oxygen atoms in total. The zero-order chi connectivity index (χ0) is 13.0. The van der Waals surface area contributed by atoms with E-state index in [2.05, 4.69) is 43.5 Å². The van der Waals surface area contributed by atoms with Crippen molar-refractivity contribution >= 4 is 33.5 Å². The van der Waals surface area contributed by atoms with E-state index in [9.17, 15) is 0 Å². The van der Waals surface area contributed by atoms with E-state index in [0.29, 0.717) is 5.82 Å². The van der Waals surface area contributed by atoms with E-state index in [0.717, 1.165) is 21.7 Å². The van der Waals surface area contributed by atoms with Crippen molar-refractivity contribution in [1.29, 1.82) is 0 Å². The van der Waals surface area contributed by atoms with Crippen molar-refractivity contribution in [2.75, 3.05) is 5.43 Å². The van der Waals surface area contributed by atoms with Crippen LogP contribution in [0.5, 0.6) is 0 Å². The van der Waals surface area contributed by atoms with Gasteiger partial charge in [-0.2, -0.15) is 0 Å². The number of halogens is 1. The zero-order valence-electron chi connectivity index (χ0n) is 9.85. The normalized spacial score (nSPS) is 10.4. The Morgan fingerprint density at radius 3 is 2.67 bits per heavy atom. The number of anilines is 1. The molecule has 0 saturated heterocycles. The van der Waals surface area contributed by atoms with Crippen LogP contribution in [0.2, 0.25) is 0 Å². The molecule has 0 unspecified atom stereocenters. The first-order chi connectivity index (χ1) is 8.67. The van der Waals surface area contributed by atoms with Gasteiger partial charge >= 0.3 is 0 Å². The molecule has 3 N–H and O–H groups in total. The van der Waals surface area contributed by atoms with Gasteiger partial charge in [0, 0.05) is 21.1 Å². The summed E-state index contributed by atoms with van der Waals surface area (Å²) in [5.74, 6) is 7.50. The lowest BCUT2D eigenvalue weighted by Gasteiger charge is -2.05. The van der Waals surface area contributed by atoms with Crippen LogP contribution in [-0.4, -0.2) is 9.97 Å². The van der Waals surface area contributed by atoms with Crippen LogP contribution >= 0.6 is 27.7 Å². The fourth-order valence-electron chi connectivity index (χ4n) is 1.45. The molecule has 0 radical (unpaired) electrons. The number of thioether (sulfide) groups is 1. The van der Waals surface area contributed by atoms with Crippen molar-refractivity contribution in [3.05, 3.63) is 46.3 Å². The second kappa shape index (κ2) is 6.17. The van der Waals surface area contributed by atoms with Crippen molar-refractivity contribution in [2.24, 2.45) is 5.84 Å². The molecule has 0 aliphatic heterocycles. The van der Waals surface area contributed by atoms with Crippen LogP contribution in [0.4, 0.5) is 5.82 Å². The first-order valence-electron chi connectivity index (χ1n) is 5.37. The van der Waals surface area contributed by atoms with E-state index in [1.807, 2.05) is 25.1 Å². The molecule has 0 spiro atoms. The number of hydrazine groups is 1. The Hall–Kier alpha value is -1.11. The molecule has 0 aliphatic carbocycles. The topological polar surface area (TPSA) is 63.8 Å². The molecule has 6 heteroatoms. The highest BCUT2D eigenvalue weighted by Gasteiger charge is 2.02. The fourth-order valence-corrected chi connectivity index (χ4v) is 2.46. The monoisotopic (exact) mass is 324 g/mol. The average molecular weight is 325 g/mol. The highest BCUT2D eigenvalue weighted by molar-refractivity contribution is 9.10. The van der Waals surface area contributed by atoms with Gasteiger partial charge in [-0.05, 0) is 31.2 Å². The Balaban J connectivity index is 2.05. The summed E-state index contributed by atoms with van der Waals surface area (Å²) in [5, 5.41) is 0.